The SMILES string of the molecule is CN(c1cc(C(N)=O)c(N)cc1F)C1CCOC1. The number of nitrogens with two attached hydrogens (primary N) is 2. The van der Waals surface area contributed by atoms with E-state index >= 15 is 0 Å². The van der Waals surface area contributed by atoms with Crippen molar-refractivity contribution in [2.24, 2.45) is 5.73 Å². The molecular formula is C12H16FN3O2. The number of primary amides is 1. The van der Waals surface area contributed by atoms with Crippen molar-refractivity contribution in [1.29, 1.82) is 0 Å². The first-order valence-corrected chi connectivity index (χ1v) is 5.70. The molecule has 1 atom stereocenters. The van der Waals surface area contributed by atoms with Crippen molar-refractivity contribution < 1.29 is 13.9 Å². The number of benzene rings is 1. The molecule has 18 heavy (non-hydrogen) atoms. The molecule has 0 radical (unpaired) electrons. The van der Waals surface area contributed by atoms with Crippen LogP contribution >= 0.6 is 0 Å². The summed E-state index contributed by atoms with van der Waals surface area (Å²) in [5.41, 5.74) is 11.3. The van der Waals surface area contributed by atoms with Gasteiger partial charge < -0.3 is 21.1 Å². The van der Waals surface area contributed by atoms with Gasteiger partial charge in [-0.05, 0) is 18.6 Å². The zero-order valence-corrected chi connectivity index (χ0v) is 10.1. The highest BCUT2D eigenvalue weighted by atomic mass is 19.1. The van der Waals surface area contributed by atoms with E-state index in [1.54, 1.807) is 11.9 Å². The maximum absolute atomic E-state index is 13.9. The lowest BCUT2D eigenvalue weighted by Crippen LogP contribution is -2.32. The molecule has 1 fully saturated rings. The van der Waals surface area contributed by atoms with Gasteiger partial charge in [-0.2, -0.15) is 0 Å². The zero-order chi connectivity index (χ0) is 13.3. The number of nitrogens with zero attached hydrogens (tertiary/aromatic N) is 1. The fourth-order valence-electron chi connectivity index (χ4n) is 2.09. The predicted octanol–water partition coefficient (Wildman–Crippen LogP) is 0.732. The predicted molar refractivity (Wildman–Crippen MR) is 67.0 cm³/mol. The molecule has 98 valence electrons. The van der Waals surface area contributed by atoms with Gasteiger partial charge in [-0.3, -0.25) is 4.79 Å². The molecule has 5 nitrogen and oxygen atoms in total. The molecule has 6 heteroatoms. The van der Waals surface area contributed by atoms with Crippen molar-refractivity contribution in [3.63, 3.8) is 0 Å². The van der Waals surface area contributed by atoms with E-state index in [0.717, 1.165) is 12.5 Å². The van der Waals surface area contributed by atoms with Gasteiger partial charge in [0.05, 0.1) is 23.9 Å². The van der Waals surface area contributed by atoms with Crippen LogP contribution in [-0.2, 0) is 4.74 Å². The average molecular weight is 253 g/mol. The van der Waals surface area contributed by atoms with E-state index in [2.05, 4.69) is 0 Å². The van der Waals surface area contributed by atoms with Crippen molar-refractivity contribution in [2.75, 3.05) is 30.9 Å². The van der Waals surface area contributed by atoms with Crippen LogP contribution in [0.1, 0.15) is 16.8 Å². The van der Waals surface area contributed by atoms with Gasteiger partial charge >= 0.3 is 0 Å². The summed E-state index contributed by atoms with van der Waals surface area (Å²) in [4.78, 5) is 13.0. The number of halogens is 1. The largest absolute Gasteiger partial charge is 0.398 e. The molecular weight excluding hydrogens is 237 g/mol. The Morgan fingerprint density at radius 2 is 2.28 bits per heavy atom. The Balaban J connectivity index is 2.37. The second kappa shape index (κ2) is 4.81. The molecule has 0 aliphatic carbocycles. The summed E-state index contributed by atoms with van der Waals surface area (Å²) in [6.45, 7) is 1.21. The molecule has 4 N–H and O–H groups in total. The van der Waals surface area contributed by atoms with E-state index in [4.69, 9.17) is 16.2 Å². The Bertz CT molecular complexity index is 473. The minimum atomic E-state index is -0.662. The number of anilines is 2. The first-order valence-electron chi connectivity index (χ1n) is 5.70. The van der Waals surface area contributed by atoms with Crippen molar-refractivity contribution in [3.05, 3.63) is 23.5 Å². The monoisotopic (exact) mass is 253 g/mol. The van der Waals surface area contributed by atoms with Crippen LogP contribution in [0, 0.1) is 5.82 Å². The van der Waals surface area contributed by atoms with Gasteiger partial charge in [0, 0.05) is 19.3 Å². The third-order valence-corrected chi connectivity index (χ3v) is 3.22. The maximum atomic E-state index is 13.9. The van der Waals surface area contributed by atoms with Crippen LogP contribution in [0.2, 0.25) is 0 Å². The molecule has 1 heterocycles. The summed E-state index contributed by atoms with van der Waals surface area (Å²) in [6, 6.07) is 2.62. The number of carbonyl (C=O) groups excluding carboxylic acids is 1. The number of ether oxygens (including phenoxy) is 1. The average Bonchev–Trinajstić information content (AvgIpc) is 2.81. The topological polar surface area (TPSA) is 81.6 Å². The fraction of sp³-hybridized carbons (Fsp3) is 0.417. The maximum Gasteiger partial charge on any atom is 0.250 e. The highest BCUT2D eigenvalue weighted by molar-refractivity contribution is 5.99. The third-order valence-electron chi connectivity index (χ3n) is 3.22. The van der Waals surface area contributed by atoms with Gasteiger partial charge in [0.2, 0.25) is 0 Å². The summed E-state index contributed by atoms with van der Waals surface area (Å²) in [6.07, 6.45) is 0.826. The molecule has 1 aliphatic rings. The highest BCUT2D eigenvalue weighted by Gasteiger charge is 2.24. The lowest BCUT2D eigenvalue weighted by atomic mass is 10.1. The number of likely N-dealkylation sites (N-methyl/N-ethyl adjacent to an activating group) is 1. The highest BCUT2D eigenvalue weighted by Crippen LogP contribution is 2.27. The molecule has 1 amide bonds. The van der Waals surface area contributed by atoms with Crippen LogP contribution < -0.4 is 16.4 Å². The smallest absolute Gasteiger partial charge is 0.250 e. The molecule has 1 aromatic rings. The Hall–Kier alpha value is -1.82. The number of nitrogen functional groups attached to an aromatic ring is 1. The first-order chi connectivity index (χ1) is 8.50. The van der Waals surface area contributed by atoms with Crippen LogP contribution in [0.3, 0.4) is 0 Å². The number of rotatable bonds is 3. The van der Waals surface area contributed by atoms with Gasteiger partial charge in [0.25, 0.3) is 5.91 Å². The van der Waals surface area contributed by atoms with Crippen LogP contribution in [-0.4, -0.2) is 32.2 Å². The fourth-order valence-corrected chi connectivity index (χ4v) is 2.09. The Morgan fingerprint density at radius 1 is 1.56 bits per heavy atom. The lowest BCUT2D eigenvalue weighted by molar-refractivity contribution is 0.100. The summed E-state index contributed by atoms with van der Waals surface area (Å²) in [5, 5.41) is 0. The van der Waals surface area contributed by atoms with Gasteiger partial charge in [0.1, 0.15) is 5.82 Å². The van der Waals surface area contributed by atoms with Gasteiger partial charge in [-0.15, -0.1) is 0 Å². The number of hydrogen-bond acceptors (Lipinski definition) is 4. The molecule has 1 aromatic carbocycles. The third kappa shape index (κ3) is 2.24. The van der Waals surface area contributed by atoms with E-state index in [1.165, 1.54) is 6.07 Å². The molecule has 1 saturated heterocycles. The molecule has 0 aromatic heterocycles. The van der Waals surface area contributed by atoms with Gasteiger partial charge in [0.15, 0.2) is 0 Å². The Kier molecular flexibility index (Phi) is 3.38. The standard InChI is InChI=1S/C12H16FN3O2/c1-16(7-2-3-18-6-7)11-4-8(12(15)17)10(14)5-9(11)13/h4-5,7H,2-3,6,14H2,1H3,(H2,15,17). The van der Waals surface area contributed by atoms with E-state index in [-0.39, 0.29) is 17.3 Å². The molecule has 2 rings (SSSR count). The molecule has 1 aliphatic heterocycles. The Labute approximate surface area is 104 Å². The second-order valence-electron chi connectivity index (χ2n) is 4.38. The Morgan fingerprint density at radius 3 is 2.83 bits per heavy atom. The quantitative estimate of drug-likeness (QED) is 0.778. The van der Waals surface area contributed by atoms with Crippen molar-refractivity contribution in [1.82, 2.24) is 0 Å². The van der Waals surface area contributed by atoms with E-state index in [9.17, 15) is 9.18 Å². The summed E-state index contributed by atoms with van der Waals surface area (Å²) in [5.74, 6) is -1.13. The molecule has 0 saturated carbocycles. The lowest BCUT2D eigenvalue weighted by Gasteiger charge is -2.26. The number of carbonyl (C=O) groups is 1. The summed E-state index contributed by atoms with van der Waals surface area (Å²) in [7, 11) is 1.76. The minimum absolute atomic E-state index is 0.0554. The van der Waals surface area contributed by atoms with Gasteiger partial charge in [-0.25, -0.2) is 4.39 Å². The minimum Gasteiger partial charge on any atom is -0.398 e. The van der Waals surface area contributed by atoms with Crippen LogP contribution in [0.15, 0.2) is 12.1 Å². The van der Waals surface area contributed by atoms with E-state index < -0.39 is 11.7 Å². The number of amides is 1. The summed E-state index contributed by atoms with van der Waals surface area (Å²) < 4.78 is 19.1. The number of hydrogen-bond donors (Lipinski definition) is 2. The van der Waals surface area contributed by atoms with Crippen molar-refractivity contribution >= 4 is 17.3 Å². The van der Waals surface area contributed by atoms with E-state index in [1.807, 2.05) is 0 Å². The van der Waals surface area contributed by atoms with Gasteiger partial charge in [-0.1, -0.05) is 0 Å². The van der Waals surface area contributed by atoms with Crippen LogP contribution in [0.25, 0.3) is 0 Å². The van der Waals surface area contributed by atoms with Crippen molar-refractivity contribution in [3.8, 4) is 0 Å². The van der Waals surface area contributed by atoms with E-state index in [0.29, 0.717) is 18.9 Å². The van der Waals surface area contributed by atoms with Crippen molar-refractivity contribution in [2.45, 2.75) is 12.5 Å². The normalized spacial score (nSPS) is 18.9. The summed E-state index contributed by atoms with van der Waals surface area (Å²) >= 11 is 0. The first kappa shape index (κ1) is 12.6. The molecule has 0 spiro atoms. The van der Waals surface area contributed by atoms with Crippen LogP contribution in [0.4, 0.5) is 15.8 Å². The van der Waals surface area contributed by atoms with Crippen LogP contribution in [0.5, 0.6) is 0 Å². The molecule has 1 unspecified atom stereocenters. The second-order valence-corrected chi connectivity index (χ2v) is 4.38. The zero-order valence-electron chi connectivity index (χ0n) is 10.1. The molecule has 0 bridgehead atoms.